The lowest BCUT2D eigenvalue weighted by atomic mass is 9.96. The molecule has 0 saturated heterocycles. The number of amides is 1. The van der Waals surface area contributed by atoms with Crippen LogP contribution in [-0.4, -0.2) is 12.5 Å². The number of benzene rings is 2. The lowest BCUT2D eigenvalue weighted by Crippen LogP contribution is -2.88. The van der Waals surface area contributed by atoms with E-state index in [1.165, 1.54) is 5.56 Å². The first-order chi connectivity index (χ1) is 12.5. The summed E-state index contributed by atoms with van der Waals surface area (Å²) in [5.41, 5.74) is 2.10. The standard InChI is InChI=1S/C22H26N2O2/c1-15(2)22(17-9-5-4-6-10-17)23-14-21(25)24-16(3)20-13-18-11-7-8-12-19(18)26-20/h4-13,15-16,22-23H,14H2,1-3H3,(H,24,25)/p+1/t16-,22-/m1/s1. The molecule has 0 spiro atoms. The van der Waals surface area contributed by atoms with Crippen LogP contribution in [0.5, 0.6) is 0 Å². The number of carbonyl (C=O) groups is 1. The zero-order chi connectivity index (χ0) is 18.5. The number of furan rings is 1. The molecule has 0 bridgehead atoms. The van der Waals surface area contributed by atoms with Crippen molar-refractivity contribution in [2.75, 3.05) is 6.54 Å². The number of fused-ring (bicyclic) bond motifs is 1. The van der Waals surface area contributed by atoms with E-state index in [0.29, 0.717) is 12.5 Å². The van der Waals surface area contributed by atoms with E-state index >= 15 is 0 Å². The van der Waals surface area contributed by atoms with E-state index in [1.54, 1.807) is 0 Å². The van der Waals surface area contributed by atoms with Gasteiger partial charge in [-0.05, 0) is 19.1 Å². The monoisotopic (exact) mass is 351 g/mol. The Bertz CT molecular complexity index is 822. The van der Waals surface area contributed by atoms with E-state index in [9.17, 15) is 4.79 Å². The van der Waals surface area contributed by atoms with Gasteiger partial charge in [-0.2, -0.15) is 0 Å². The molecule has 3 rings (SSSR count). The van der Waals surface area contributed by atoms with Gasteiger partial charge in [0.05, 0.1) is 6.04 Å². The third kappa shape index (κ3) is 4.33. The van der Waals surface area contributed by atoms with Crippen molar-refractivity contribution < 1.29 is 14.5 Å². The molecule has 2 atom stereocenters. The molecule has 136 valence electrons. The number of hydrogen-bond acceptors (Lipinski definition) is 2. The average molecular weight is 351 g/mol. The molecule has 0 unspecified atom stereocenters. The maximum atomic E-state index is 12.4. The Labute approximate surface area is 154 Å². The molecule has 1 aromatic heterocycles. The lowest BCUT2D eigenvalue weighted by Gasteiger charge is -2.20. The highest BCUT2D eigenvalue weighted by Crippen LogP contribution is 2.23. The van der Waals surface area contributed by atoms with Crippen LogP contribution in [0.4, 0.5) is 0 Å². The minimum absolute atomic E-state index is 0.0135. The quantitative estimate of drug-likeness (QED) is 0.684. The summed E-state index contributed by atoms with van der Waals surface area (Å²) in [6.45, 7) is 6.71. The highest BCUT2D eigenvalue weighted by atomic mass is 16.3. The molecule has 0 aliphatic rings. The molecule has 2 aromatic carbocycles. The van der Waals surface area contributed by atoms with E-state index in [-0.39, 0.29) is 18.0 Å². The molecule has 1 amide bonds. The van der Waals surface area contributed by atoms with Crippen LogP contribution in [-0.2, 0) is 4.79 Å². The largest absolute Gasteiger partial charge is 0.459 e. The smallest absolute Gasteiger partial charge is 0.275 e. The topological polar surface area (TPSA) is 58.9 Å². The maximum absolute atomic E-state index is 12.4. The second-order valence-electron chi connectivity index (χ2n) is 7.10. The maximum Gasteiger partial charge on any atom is 0.275 e. The summed E-state index contributed by atoms with van der Waals surface area (Å²) in [4.78, 5) is 12.4. The van der Waals surface area contributed by atoms with Gasteiger partial charge in [0.1, 0.15) is 17.4 Å². The van der Waals surface area contributed by atoms with Gasteiger partial charge < -0.3 is 15.1 Å². The molecular weight excluding hydrogens is 324 g/mol. The molecule has 3 N–H and O–H groups in total. The first-order valence-corrected chi connectivity index (χ1v) is 9.20. The number of nitrogens with two attached hydrogens (primary N) is 1. The number of rotatable bonds is 7. The summed E-state index contributed by atoms with van der Waals surface area (Å²) in [7, 11) is 0. The normalized spacial score (nSPS) is 13.7. The van der Waals surface area contributed by atoms with E-state index in [0.717, 1.165) is 16.7 Å². The van der Waals surface area contributed by atoms with E-state index in [4.69, 9.17) is 4.42 Å². The zero-order valence-corrected chi connectivity index (χ0v) is 15.6. The Kier molecular flexibility index (Phi) is 5.74. The zero-order valence-electron chi connectivity index (χ0n) is 15.6. The lowest BCUT2D eigenvalue weighted by molar-refractivity contribution is -0.692. The van der Waals surface area contributed by atoms with E-state index in [2.05, 4.69) is 36.6 Å². The predicted molar refractivity (Wildman–Crippen MR) is 104 cm³/mol. The Morgan fingerprint density at radius 2 is 1.73 bits per heavy atom. The van der Waals surface area contributed by atoms with Gasteiger partial charge in [0, 0.05) is 16.9 Å². The van der Waals surface area contributed by atoms with E-state index in [1.807, 2.05) is 55.5 Å². The number of carbonyl (C=O) groups excluding carboxylic acids is 1. The minimum atomic E-state index is -0.155. The van der Waals surface area contributed by atoms with Crippen molar-refractivity contribution in [1.29, 1.82) is 0 Å². The van der Waals surface area contributed by atoms with Gasteiger partial charge in [-0.25, -0.2) is 0 Å². The van der Waals surface area contributed by atoms with E-state index < -0.39 is 0 Å². The SMILES string of the molecule is CC(C)[C@@H]([NH2+]CC(=O)N[C@H](C)c1cc2ccccc2o1)c1ccccc1. The predicted octanol–water partition coefficient (Wildman–Crippen LogP) is 3.57. The summed E-state index contributed by atoms with van der Waals surface area (Å²) in [5, 5.41) is 6.21. The van der Waals surface area contributed by atoms with Crippen molar-refractivity contribution in [3.63, 3.8) is 0 Å². The van der Waals surface area contributed by atoms with Crippen molar-refractivity contribution in [3.8, 4) is 0 Å². The van der Waals surface area contributed by atoms with Crippen LogP contribution < -0.4 is 10.6 Å². The van der Waals surface area contributed by atoms with Crippen molar-refractivity contribution in [2.45, 2.75) is 32.9 Å². The van der Waals surface area contributed by atoms with Crippen LogP contribution in [0, 0.1) is 5.92 Å². The molecule has 3 aromatic rings. The van der Waals surface area contributed by atoms with Crippen molar-refractivity contribution in [2.24, 2.45) is 5.92 Å². The molecule has 1 heterocycles. The molecule has 0 saturated carbocycles. The minimum Gasteiger partial charge on any atom is -0.459 e. The Morgan fingerprint density at radius 3 is 2.42 bits per heavy atom. The summed E-state index contributed by atoms with van der Waals surface area (Å²) in [6, 6.07) is 20.3. The van der Waals surface area contributed by atoms with Crippen molar-refractivity contribution in [1.82, 2.24) is 5.32 Å². The van der Waals surface area contributed by atoms with Gasteiger partial charge in [-0.15, -0.1) is 0 Å². The van der Waals surface area contributed by atoms with Crippen LogP contribution in [0.3, 0.4) is 0 Å². The molecular formula is C22H27N2O2+. The van der Waals surface area contributed by atoms with Gasteiger partial charge in [0.15, 0.2) is 6.54 Å². The highest BCUT2D eigenvalue weighted by molar-refractivity contribution is 5.79. The summed E-state index contributed by atoms with van der Waals surface area (Å²) < 4.78 is 5.84. The van der Waals surface area contributed by atoms with Crippen LogP contribution in [0.2, 0.25) is 0 Å². The fraction of sp³-hybridized carbons (Fsp3) is 0.318. The van der Waals surface area contributed by atoms with Crippen molar-refractivity contribution >= 4 is 16.9 Å². The average Bonchev–Trinajstić information content (AvgIpc) is 3.07. The van der Waals surface area contributed by atoms with Crippen LogP contribution in [0.1, 0.15) is 44.2 Å². The summed E-state index contributed by atoms with van der Waals surface area (Å²) in [6.07, 6.45) is 0. The summed E-state index contributed by atoms with van der Waals surface area (Å²) >= 11 is 0. The molecule has 0 radical (unpaired) electrons. The number of para-hydroxylation sites is 1. The molecule has 4 nitrogen and oxygen atoms in total. The first kappa shape index (κ1) is 18.2. The number of quaternary nitrogens is 1. The van der Waals surface area contributed by atoms with Crippen LogP contribution >= 0.6 is 0 Å². The Morgan fingerprint density at radius 1 is 1.04 bits per heavy atom. The molecule has 0 fully saturated rings. The number of nitrogens with one attached hydrogen (secondary N) is 1. The third-order valence-corrected chi connectivity index (χ3v) is 4.71. The second kappa shape index (κ2) is 8.19. The Balaban J connectivity index is 1.59. The first-order valence-electron chi connectivity index (χ1n) is 9.20. The molecule has 0 aliphatic heterocycles. The molecule has 26 heavy (non-hydrogen) atoms. The van der Waals surface area contributed by atoms with Crippen LogP contribution in [0.25, 0.3) is 11.0 Å². The van der Waals surface area contributed by atoms with Gasteiger partial charge >= 0.3 is 0 Å². The summed E-state index contributed by atoms with van der Waals surface area (Å²) in [5.74, 6) is 1.24. The third-order valence-electron chi connectivity index (χ3n) is 4.71. The van der Waals surface area contributed by atoms with Gasteiger partial charge in [0.25, 0.3) is 5.91 Å². The highest BCUT2D eigenvalue weighted by Gasteiger charge is 2.21. The second-order valence-corrected chi connectivity index (χ2v) is 7.10. The van der Waals surface area contributed by atoms with Gasteiger partial charge in [-0.3, -0.25) is 4.79 Å². The molecule has 4 heteroatoms. The fourth-order valence-electron chi connectivity index (χ4n) is 3.29. The van der Waals surface area contributed by atoms with Crippen molar-refractivity contribution in [3.05, 3.63) is 72.0 Å². The Hall–Kier alpha value is -2.59. The van der Waals surface area contributed by atoms with Crippen LogP contribution in [0.15, 0.2) is 65.1 Å². The fourth-order valence-corrected chi connectivity index (χ4v) is 3.29. The number of hydrogen-bond donors (Lipinski definition) is 2. The van der Waals surface area contributed by atoms with Gasteiger partial charge in [0.2, 0.25) is 0 Å². The molecule has 0 aliphatic carbocycles. The van der Waals surface area contributed by atoms with Gasteiger partial charge in [-0.1, -0.05) is 62.4 Å².